The molecule has 1 atom stereocenters. The number of aromatic nitrogens is 1. The monoisotopic (exact) mass is 457 g/mol. The Bertz CT molecular complexity index is 1300. The topological polar surface area (TPSA) is 37.6 Å². The molecule has 5 heteroatoms. The Labute approximate surface area is 183 Å². The summed E-state index contributed by atoms with van der Waals surface area (Å²) in [5.74, 6) is -0.0131. The highest BCUT2D eigenvalue weighted by molar-refractivity contribution is 9.10. The van der Waals surface area contributed by atoms with Crippen molar-refractivity contribution >= 4 is 50.5 Å². The zero-order valence-electron chi connectivity index (χ0n) is 16.7. The molecule has 0 saturated heterocycles. The molecule has 0 bridgehead atoms. The molecular weight excluding hydrogens is 438 g/mol. The minimum atomic E-state index is -0.521. The van der Waals surface area contributed by atoms with Gasteiger partial charge >= 0.3 is 0 Å². The predicted molar refractivity (Wildman–Crippen MR) is 126 cm³/mol. The van der Waals surface area contributed by atoms with Gasteiger partial charge < -0.3 is 4.90 Å². The molecule has 0 amide bonds. The van der Waals surface area contributed by atoms with Gasteiger partial charge in [0.1, 0.15) is 6.04 Å². The van der Waals surface area contributed by atoms with E-state index in [2.05, 4.69) is 53.0 Å². The Kier molecular flexibility index (Phi) is 4.55. The van der Waals surface area contributed by atoms with Crippen LogP contribution >= 0.6 is 15.9 Å². The molecule has 0 saturated carbocycles. The highest BCUT2D eigenvalue weighted by Gasteiger charge is 2.33. The number of benzene rings is 3. The maximum absolute atomic E-state index is 13.9. The largest absolute Gasteiger partial charge is 0.316 e. The molecule has 30 heavy (non-hydrogen) atoms. The van der Waals surface area contributed by atoms with E-state index in [0.717, 1.165) is 43.4 Å². The molecule has 1 aliphatic heterocycles. The normalized spacial score (nSPS) is 15.4. The average Bonchev–Trinajstić information content (AvgIpc) is 3.16. The summed E-state index contributed by atoms with van der Waals surface area (Å²) in [4.78, 5) is 20.6. The third-order valence-electron chi connectivity index (χ3n) is 5.46. The summed E-state index contributed by atoms with van der Waals surface area (Å²) in [6, 6.07) is 21.6. The Hall–Kier alpha value is -3.18. The summed E-state index contributed by atoms with van der Waals surface area (Å²) in [7, 11) is 0. The maximum Gasteiger partial charge on any atom is 0.258 e. The summed E-state index contributed by atoms with van der Waals surface area (Å²) in [5.41, 5.74) is 5.85. The molecule has 4 nitrogen and oxygen atoms in total. The van der Waals surface area contributed by atoms with E-state index in [4.69, 9.17) is 0 Å². The fraction of sp³-hybridized carbons (Fsp3) is 0.120. The number of hydrogen-bond acceptors (Lipinski definition) is 3. The van der Waals surface area contributed by atoms with Crippen molar-refractivity contribution in [2.24, 2.45) is 4.99 Å². The lowest BCUT2D eigenvalue weighted by Gasteiger charge is -2.33. The first-order valence-corrected chi connectivity index (χ1v) is 10.6. The molecule has 0 fully saturated rings. The molecule has 2 heterocycles. The van der Waals surface area contributed by atoms with Crippen molar-refractivity contribution in [3.05, 3.63) is 94.1 Å². The lowest BCUT2D eigenvalue weighted by atomic mass is 9.99. The van der Waals surface area contributed by atoms with Gasteiger partial charge in [-0.1, -0.05) is 40.2 Å². The maximum atomic E-state index is 13.9. The van der Waals surface area contributed by atoms with E-state index in [1.807, 2.05) is 59.6 Å². The molecule has 4 aromatic rings. The van der Waals surface area contributed by atoms with Gasteiger partial charge in [-0.25, -0.2) is 4.99 Å². The van der Waals surface area contributed by atoms with E-state index in [1.54, 1.807) is 10.9 Å². The Morgan fingerprint density at radius 1 is 0.967 bits per heavy atom. The van der Waals surface area contributed by atoms with Gasteiger partial charge in [0.25, 0.3) is 5.91 Å². The summed E-state index contributed by atoms with van der Waals surface area (Å²) >= 11 is 3.57. The third-order valence-corrected chi connectivity index (χ3v) is 5.95. The van der Waals surface area contributed by atoms with Gasteiger partial charge in [0.15, 0.2) is 0 Å². The number of aryl methyl sites for hydroxylation is 2. The van der Waals surface area contributed by atoms with Gasteiger partial charge in [0, 0.05) is 27.3 Å². The summed E-state index contributed by atoms with van der Waals surface area (Å²) < 4.78 is 2.67. The number of para-hydroxylation sites is 1. The standard InChI is InChI=1S/C25H20BrN3O/c1-16-11-17(2)13-20(12-16)29-15-27-22-8-7-19(26)14-21(22)24(29)25(30)28-10-9-18-5-3-4-6-23(18)28/h3-15,24H,1-2H3. The number of carbonyl (C=O) groups excluding carboxylic acids is 1. The van der Waals surface area contributed by atoms with Crippen LogP contribution in [-0.2, 0) is 0 Å². The van der Waals surface area contributed by atoms with Crippen LogP contribution in [0.2, 0.25) is 0 Å². The van der Waals surface area contributed by atoms with Crippen LogP contribution < -0.4 is 4.90 Å². The first kappa shape index (κ1) is 18.8. The minimum Gasteiger partial charge on any atom is -0.316 e. The molecule has 1 aromatic heterocycles. The number of halogens is 1. The van der Waals surface area contributed by atoms with Gasteiger partial charge in [0.05, 0.1) is 17.5 Å². The minimum absolute atomic E-state index is 0.0131. The number of rotatable bonds is 2. The van der Waals surface area contributed by atoms with Crippen molar-refractivity contribution < 1.29 is 4.79 Å². The zero-order valence-corrected chi connectivity index (χ0v) is 18.3. The summed E-state index contributed by atoms with van der Waals surface area (Å²) in [5, 5.41) is 1.04. The third kappa shape index (κ3) is 3.15. The molecule has 1 unspecified atom stereocenters. The first-order chi connectivity index (χ1) is 14.5. The van der Waals surface area contributed by atoms with E-state index < -0.39 is 6.04 Å². The molecule has 0 spiro atoms. The van der Waals surface area contributed by atoms with Crippen LogP contribution in [0.3, 0.4) is 0 Å². The van der Waals surface area contributed by atoms with Crippen molar-refractivity contribution in [3.63, 3.8) is 0 Å². The molecule has 3 aromatic carbocycles. The number of aliphatic imine (C=N–C) groups is 1. The number of anilines is 1. The van der Waals surface area contributed by atoms with Crippen LogP contribution in [0.4, 0.5) is 11.4 Å². The van der Waals surface area contributed by atoms with E-state index >= 15 is 0 Å². The van der Waals surface area contributed by atoms with Crippen LogP contribution in [0.5, 0.6) is 0 Å². The van der Waals surface area contributed by atoms with Gasteiger partial charge in [-0.15, -0.1) is 0 Å². The Morgan fingerprint density at radius 2 is 1.73 bits per heavy atom. The van der Waals surface area contributed by atoms with Crippen molar-refractivity contribution in [1.29, 1.82) is 0 Å². The number of nitrogens with zero attached hydrogens (tertiary/aromatic N) is 3. The van der Waals surface area contributed by atoms with Crippen LogP contribution in [0, 0.1) is 13.8 Å². The lowest BCUT2D eigenvalue weighted by molar-refractivity contribution is 0.0886. The molecule has 1 aliphatic rings. The zero-order chi connectivity index (χ0) is 20.8. The fourth-order valence-corrected chi connectivity index (χ4v) is 4.56. The van der Waals surface area contributed by atoms with Crippen molar-refractivity contribution in [3.8, 4) is 0 Å². The molecule has 0 N–H and O–H groups in total. The second kappa shape index (κ2) is 7.26. The van der Waals surface area contributed by atoms with Gasteiger partial charge in [-0.05, 0) is 67.4 Å². The first-order valence-electron chi connectivity index (χ1n) is 9.82. The van der Waals surface area contributed by atoms with Crippen molar-refractivity contribution in [1.82, 2.24) is 4.57 Å². The smallest absolute Gasteiger partial charge is 0.258 e. The van der Waals surface area contributed by atoms with E-state index in [0.29, 0.717) is 0 Å². The highest BCUT2D eigenvalue weighted by atomic mass is 79.9. The Morgan fingerprint density at radius 3 is 2.53 bits per heavy atom. The number of carbonyl (C=O) groups is 1. The second-order valence-corrected chi connectivity index (χ2v) is 8.60. The van der Waals surface area contributed by atoms with Crippen molar-refractivity contribution in [2.45, 2.75) is 19.9 Å². The molecule has 148 valence electrons. The van der Waals surface area contributed by atoms with Gasteiger partial charge in [-0.3, -0.25) is 9.36 Å². The molecule has 0 radical (unpaired) electrons. The number of hydrogen-bond donors (Lipinski definition) is 0. The quantitative estimate of drug-likeness (QED) is 0.340. The summed E-state index contributed by atoms with van der Waals surface area (Å²) in [6.07, 6.45) is 3.63. The van der Waals surface area contributed by atoms with Crippen LogP contribution in [-0.4, -0.2) is 16.8 Å². The van der Waals surface area contributed by atoms with Crippen molar-refractivity contribution in [2.75, 3.05) is 4.90 Å². The average molecular weight is 458 g/mol. The second-order valence-electron chi connectivity index (χ2n) is 7.69. The Balaban J connectivity index is 1.70. The summed E-state index contributed by atoms with van der Waals surface area (Å²) in [6.45, 7) is 4.14. The van der Waals surface area contributed by atoms with E-state index in [1.165, 1.54) is 0 Å². The highest BCUT2D eigenvalue weighted by Crippen LogP contribution is 2.39. The molecule has 0 aliphatic carbocycles. The van der Waals surface area contributed by atoms with Crippen LogP contribution in [0.25, 0.3) is 10.9 Å². The van der Waals surface area contributed by atoms with Crippen LogP contribution in [0.15, 0.2) is 82.4 Å². The number of fused-ring (bicyclic) bond motifs is 2. The molecular formula is C25H20BrN3O. The van der Waals surface area contributed by atoms with E-state index in [9.17, 15) is 4.79 Å². The van der Waals surface area contributed by atoms with Gasteiger partial charge in [0.2, 0.25) is 0 Å². The SMILES string of the molecule is Cc1cc(C)cc(N2C=Nc3ccc(Br)cc3C2C(=O)n2ccc3ccccc32)c1. The van der Waals surface area contributed by atoms with E-state index in [-0.39, 0.29) is 5.91 Å². The van der Waals surface area contributed by atoms with Crippen LogP contribution in [0.1, 0.15) is 27.5 Å². The van der Waals surface area contributed by atoms with Gasteiger partial charge in [-0.2, -0.15) is 0 Å². The molecule has 5 rings (SSSR count). The fourth-order valence-electron chi connectivity index (χ4n) is 4.18. The lowest BCUT2D eigenvalue weighted by Crippen LogP contribution is -2.37. The predicted octanol–water partition coefficient (Wildman–Crippen LogP) is 6.58.